The highest BCUT2D eigenvalue weighted by molar-refractivity contribution is 6.30. The van der Waals surface area contributed by atoms with Crippen LogP contribution < -0.4 is 10.6 Å². The second kappa shape index (κ2) is 9.07. The molecule has 2 aromatic carbocycles. The number of para-hydroxylation sites is 1. The molecule has 2 amide bonds. The Hall–Kier alpha value is -3.58. The SMILES string of the molecule is CC(OC(=O)c1ccccc1NC(=O)c1ccco1)C(=O)Nc1cccc(Cl)c1. The predicted octanol–water partition coefficient (Wildman–Crippen LogP) is 4.37. The van der Waals surface area contributed by atoms with Crippen molar-refractivity contribution in [2.24, 2.45) is 0 Å². The first kappa shape index (κ1) is 20.2. The molecule has 3 aromatic rings. The molecule has 1 heterocycles. The standard InChI is InChI=1S/C21H17ClN2O5/c1-13(19(25)23-15-7-4-6-14(22)12-15)29-21(27)16-8-2-3-9-17(16)24-20(26)18-10-5-11-28-18/h2-13H,1H3,(H,23,25)(H,24,26). The van der Waals surface area contributed by atoms with Crippen molar-refractivity contribution in [3.63, 3.8) is 0 Å². The third-order valence-corrected chi connectivity index (χ3v) is 4.12. The summed E-state index contributed by atoms with van der Waals surface area (Å²) in [6, 6.07) is 16.0. The Morgan fingerprint density at radius 3 is 2.52 bits per heavy atom. The number of nitrogens with one attached hydrogen (secondary N) is 2. The van der Waals surface area contributed by atoms with Crippen LogP contribution in [0.25, 0.3) is 0 Å². The molecule has 0 fully saturated rings. The highest BCUT2D eigenvalue weighted by atomic mass is 35.5. The largest absolute Gasteiger partial charge is 0.459 e. The van der Waals surface area contributed by atoms with Crippen LogP contribution in [0.2, 0.25) is 5.02 Å². The monoisotopic (exact) mass is 412 g/mol. The number of rotatable bonds is 6. The first-order valence-electron chi connectivity index (χ1n) is 8.65. The first-order valence-corrected chi connectivity index (χ1v) is 9.03. The first-order chi connectivity index (χ1) is 13.9. The molecule has 29 heavy (non-hydrogen) atoms. The zero-order chi connectivity index (χ0) is 20.8. The Bertz CT molecular complexity index is 1030. The topological polar surface area (TPSA) is 97.6 Å². The molecule has 0 bridgehead atoms. The second-order valence-electron chi connectivity index (χ2n) is 6.02. The minimum absolute atomic E-state index is 0.0995. The summed E-state index contributed by atoms with van der Waals surface area (Å²) in [4.78, 5) is 37.0. The van der Waals surface area contributed by atoms with Crippen molar-refractivity contribution in [1.82, 2.24) is 0 Å². The van der Waals surface area contributed by atoms with Gasteiger partial charge in [-0.1, -0.05) is 29.8 Å². The minimum atomic E-state index is -1.07. The van der Waals surface area contributed by atoms with Crippen LogP contribution in [-0.2, 0) is 9.53 Å². The molecular weight excluding hydrogens is 396 g/mol. The number of halogens is 1. The number of esters is 1. The molecule has 0 saturated heterocycles. The quantitative estimate of drug-likeness (QED) is 0.586. The highest BCUT2D eigenvalue weighted by Crippen LogP contribution is 2.19. The molecular formula is C21H17ClN2O5. The van der Waals surface area contributed by atoms with Crippen LogP contribution in [0, 0.1) is 0 Å². The Kier molecular flexibility index (Phi) is 6.31. The number of furan rings is 1. The maximum Gasteiger partial charge on any atom is 0.341 e. The summed E-state index contributed by atoms with van der Waals surface area (Å²) >= 11 is 5.89. The van der Waals surface area contributed by atoms with Crippen LogP contribution >= 0.6 is 11.6 Å². The van der Waals surface area contributed by atoms with Crippen LogP contribution in [0.15, 0.2) is 71.3 Å². The summed E-state index contributed by atoms with van der Waals surface area (Å²) < 4.78 is 10.3. The van der Waals surface area contributed by atoms with E-state index in [1.807, 2.05) is 0 Å². The lowest BCUT2D eigenvalue weighted by Crippen LogP contribution is -2.30. The molecule has 1 aromatic heterocycles. The predicted molar refractivity (Wildman–Crippen MR) is 108 cm³/mol. The molecule has 8 heteroatoms. The fraction of sp³-hybridized carbons (Fsp3) is 0.0952. The van der Waals surface area contributed by atoms with E-state index in [0.717, 1.165) is 0 Å². The van der Waals surface area contributed by atoms with Gasteiger partial charge >= 0.3 is 5.97 Å². The summed E-state index contributed by atoms with van der Waals surface area (Å²) in [6.45, 7) is 1.45. The van der Waals surface area contributed by atoms with E-state index in [9.17, 15) is 14.4 Å². The van der Waals surface area contributed by atoms with Crippen molar-refractivity contribution in [2.75, 3.05) is 10.6 Å². The molecule has 7 nitrogen and oxygen atoms in total. The lowest BCUT2D eigenvalue weighted by Gasteiger charge is -2.15. The van der Waals surface area contributed by atoms with Gasteiger partial charge in [0, 0.05) is 10.7 Å². The van der Waals surface area contributed by atoms with E-state index in [1.165, 1.54) is 25.3 Å². The van der Waals surface area contributed by atoms with Gasteiger partial charge in [-0.25, -0.2) is 4.79 Å². The van der Waals surface area contributed by atoms with Gasteiger partial charge in [-0.3, -0.25) is 9.59 Å². The molecule has 1 atom stereocenters. The third kappa shape index (κ3) is 5.24. The van der Waals surface area contributed by atoms with Gasteiger partial charge in [-0.05, 0) is 49.4 Å². The maximum absolute atomic E-state index is 12.6. The average molecular weight is 413 g/mol. The molecule has 0 aliphatic heterocycles. The maximum atomic E-state index is 12.6. The van der Waals surface area contributed by atoms with Gasteiger partial charge in [-0.15, -0.1) is 0 Å². The Morgan fingerprint density at radius 2 is 1.79 bits per heavy atom. The van der Waals surface area contributed by atoms with Crippen LogP contribution in [0.1, 0.15) is 27.8 Å². The Labute approximate surface area is 171 Å². The zero-order valence-corrected chi connectivity index (χ0v) is 16.1. The van der Waals surface area contributed by atoms with Gasteiger partial charge in [-0.2, -0.15) is 0 Å². The van der Waals surface area contributed by atoms with Crippen molar-refractivity contribution in [1.29, 1.82) is 0 Å². The van der Waals surface area contributed by atoms with Gasteiger partial charge < -0.3 is 19.8 Å². The fourth-order valence-electron chi connectivity index (χ4n) is 2.45. The van der Waals surface area contributed by atoms with E-state index in [1.54, 1.807) is 48.5 Å². The van der Waals surface area contributed by atoms with Crippen molar-refractivity contribution >= 4 is 40.8 Å². The molecule has 0 radical (unpaired) electrons. The lowest BCUT2D eigenvalue weighted by atomic mass is 10.1. The number of ether oxygens (including phenoxy) is 1. The normalized spacial score (nSPS) is 11.4. The van der Waals surface area contributed by atoms with E-state index in [-0.39, 0.29) is 17.0 Å². The molecule has 0 saturated carbocycles. The summed E-state index contributed by atoms with van der Waals surface area (Å²) in [5.41, 5.74) is 0.827. The van der Waals surface area contributed by atoms with E-state index in [4.69, 9.17) is 20.8 Å². The lowest BCUT2D eigenvalue weighted by molar-refractivity contribution is -0.123. The van der Waals surface area contributed by atoms with Gasteiger partial charge in [0.25, 0.3) is 11.8 Å². The van der Waals surface area contributed by atoms with E-state index in [2.05, 4.69) is 10.6 Å². The smallest absolute Gasteiger partial charge is 0.341 e. The number of amides is 2. The van der Waals surface area contributed by atoms with Crippen molar-refractivity contribution in [2.45, 2.75) is 13.0 Å². The summed E-state index contributed by atoms with van der Waals surface area (Å²) in [7, 11) is 0. The molecule has 0 aliphatic rings. The second-order valence-corrected chi connectivity index (χ2v) is 6.46. The number of carbonyl (C=O) groups is 3. The Morgan fingerprint density at radius 1 is 1.00 bits per heavy atom. The number of benzene rings is 2. The molecule has 0 aliphatic carbocycles. The number of hydrogen-bond acceptors (Lipinski definition) is 5. The van der Waals surface area contributed by atoms with Crippen molar-refractivity contribution in [3.8, 4) is 0 Å². The summed E-state index contributed by atoms with van der Waals surface area (Å²) in [5, 5.41) is 5.68. The van der Waals surface area contributed by atoms with Crippen LogP contribution in [0.5, 0.6) is 0 Å². The number of carbonyl (C=O) groups excluding carboxylic acids is 3. The van der Waals surface area contributed by atoms with E-state index < -0.39 is 23.9 Å². The van der Waals surface area contributed by atoms with Gasteiger partial charge in [0.15, 0.2) is 11.9 Å². The number of anilines is 2. The zero-order valence-electron chi connectivity index (χ0n) is 15.3. The average Bonchev–Trinajstić information content (AvgIpc) is 3.23. The molecule has 3 rings (SSSR count). The fourth-order valence-corrected chi connectivity index (χ4v) is 2.64. The minimum Gasteiger partial charge on any atom is -0.459 e. The van der Waals surface area contributed by atoms with Crippen molar-refractivity contribution < 1.29 is 23.5 Å². The van der Waals surface area contributed by atoms with Crippen molar-refractivity contribution in [3.05, 3.63) is 83.3 Å². The van der Waals surface area contributed by atoms with E-state index in [0.29, 0.717) is 10.7 Å². The van der Waals surface area contributed by atoms with Crippen LogP contribution in [0.4, 0.5) is 11.4 Å². The van der Waals surface area contributed by atoms with Gasteiger partial charge in [0.1, 0.15) is 0 Å². The number of hydrogen-bond donors (Lipinski definition) is 2. The highest BCUT2D eigenvalue weighted by Gasteiger charge is 2.22. The Balaban J connectivity index is 1.67. The molecule has 2 N–H and O–H groups in total. The van der Waals surface area contributed by atoms with E-state index >= 15 is 0 Å². The molecule has 148 valence electrons. The summed E-state index contributed by atoms with van der Waals surface area (Å²) in [6.07, 6.45) is 0.297. The van der Waals surface area contributed by atoms with Crippen LogP contribution in [-0.4, -0.2) is 23.9 Å². The molecule has 0 spiro atoms. The third-order valence-electron chi connectivity index (χ3n) is 3.89. The summed E-state index contributed by atoms with van der Waals surface area (Å²) in [5.74, 6) is -1.68. The van der Waals surface area contributed by atoms with Gasteiger partial charge in [0.05, 0.1) is 17.5 Å². The van der Waals surface area contributed by atoms with Gasteiger partial charge in [0.2, 0.25) is 0 Å². The van der Waals surface area contributed by atoms with Crippen LogP contribution in [0.3, 0.4) is 0 Å². The molecule has 1 unspecified atom stereocenters.